The number of hydrogen-bond acceptors (Lipinski definition) is 2. The van der Waals surface area contributed by atoms with Gasteiger partial charge >= 0.3 is 6.18 Å². The predicted octanol–water partition coefficient (Wildman–Crippen LogP) is 3.94. The van der Waals surface area contributed by atoms with Gasteiger partial charge in [-0.05, 0) is 31.0 Å². The fraction of sp³-hybridized carbons (Fsp3) is 0.412. The van der Waals surface area contributed by atoms with Crippen LogP contribution in [0.5, 0.6) is 0 Å². The van der Waals surface area contributed by atoms with Gasteiger partial charge in [0.15, 0.2) is 5.69 Å². The van der Waals surface area contributed by atoms with Gasteiger partial charge in [-0.25, -0.2) is 4.68 Å². The van der Waals surface area contributed by atoms with Crippen LogP contribution in [0.25, 0.3) is 5.69 Å². The molecular formula is C17H19F3N4. The Bertz CT molecular complexity index is 706. The predicted molar refractivity (Wildman–Crippen MR) is 85.4 cm³/mol. The fourth-order valence-electron chi connectivity index (χ4n) is 2.99. The van der Waals surface area contributed by atoms with Gasteiger partial charge in [0.1, 0.15) is 0 Å². The van der Waals surface area contributed by atoms with Gasteiger partial charge < -0.3 is 5.32 Å². The normalized spacial score (nSPS) is 19.0. The van der Waals surface area contributed by atoms with Crippen LogP contribution in [0, 0.1) is 5.41 Å². The summed E-state index contributed by atoms with van der Waals surface area (Å²) in [6.45, 7) is 0. The van der Waals surface area contributed by atoms with Gasteiger partial charge in [-0.15, -0.1) is 0 Å². The van der Waals surface area contributed by atoms with Gasteiger partial charge in [0.05, 0.1) is 11.5 Å². The fourth-order valence-corrected chi connectivity index (χ4v) is 2.99. The van der Waals surface area contributed by atoms with E-state index >= 15 is 0 Å². The molecule has 1 fully saturated rings. The molecule has 1 aromatic carbocycles. The van der Waals surface area contributed by atoms with Crippen molar-refractivity contribution in [3.05, 3.63) is 47.8 Å². The number of benzene rings is 1. The van der Waals surface area contributed by atoms with E-state index in [1.165, 1.54) is 4.68 Å². The van der Waals surface area contributed by atoms with Crippen LogP contribution in [0.4, 0.5) is 13.2 Å². The maximum absolute atomic E-state index is 13.1. The van der Waals surface area contributed by atoms with E-state index in [0.717, 1.165) is 25.3 Å². The third kappa shape index (κ3) is 3.77. The molecule has 0 spiro atoms. The number of nitrogens with zero attached hydrogens (tertiary/aromatic N) is 2. The third-order valence-corrected chi connectivity index (χ3v) is 4.14. The highest BCUT2D eigenvalue weighted by Crippen LogP contribution is 2.30. The molecule has 24 heavy (non-hydrogen) atoms. The largest absolute Gasteiger partial charge is 0.435 e. The topological polar surface area (TPSA) is 53.7 Å². The highest BCUT2D eigenvalue weighted by Gasteiger charge is 2.35. The van der Waals surface area contributed by atoms with Gasteiger partial charge in [-0.2, -0.15) is 18.3 Å². The zero-order valence-electron chi connectivity index (χ0n) is 13.1. The quantitative estimate of drug-likeness (QED) is 0.892. The highest BCUT2D eigenvalue weighted by molar-refractivity contribution is 5.79. The second-order valence-corrected chi connectivity index (χ2v) is 6.04. The molecule has 0 radical (unpaired) electrons. The summed E-state index contributed by atoms with van der Waals surface area (Å²) in [5.74, 6) is 0.458. The van der Waals surface area contributed by atoms with Crippen molar-refractivity contribution in [1.82, 2.24) is 15.1 Å². The van der Waals surface area contributed by atoms with Crippen LogP contribution in [0.3, 0.4) is 0 Å². The summed E-state index contributed by atoms with van der Waals surface area (Å²) < 4.78 is 40.6. The van der Waals surface area contributed by atoms with E-state index in [0.29, 0.717) is 30.1 Å². The second-order valence-electron chi connectivity index (χ2n) is 6.04. The number of hydrogen-bond donors (Lipinski definition) is 2. The van der Waals surface area contributed by atoms with Crippen molar-refractivity contribution in [2.24, 2.45) is 0 Å². The minimum absolute atomic E-state index is 0.0414. The summed E-state index contributed by atoms with van der Waals surface area (Å²) in [5, 5.41) is 14.7. The van der Waals surface area contributed by atoms with E-state index < -0.39 is 11.9 Å². The summed E-state index contributed by atoms with van der Waals surface area (Å²) >= 11 is 0. The molecule has 4 nitrogen and oxygen atoms in total. The molecule has 0 bridgehead atoms. The van der Waals surface area contributed by atoms with E-state index in [1.807, 2.05) is 6.07 Å². The van der Waals surface area contributed by atoms with E-state index in [4.69, 9.17) is 5.41 Å². The first-order valence-electron chi connectivity index (χ1n) is 7.99. The number of halogens is 3. The Balaban J connectivity index is 1.93. The molecule has 0 amide bonds. The number of rotatable bonds is 3. The third-order valence-electron chi connectivity index (χ3n) is 4.14. The Morgan fingerprint density at radius 2 is 1.96 bits per heavy atom. The van der Waals surface area contributed by atoms with E-state index in [1.54, 1.807) is 24.3 Å². The maximum Gasteiger partial charge on any atom is 0.435 e. The van der Waals surface area contributed by atoms with Crippen LogP contribution in [0.15, 0.2) is 36.4 Å². The standard InChI is InChI=1S/C17H19F3N4/c18-17(19,20)15-11-14(10-12-6-4-5-9-16(21)22-12)24(23-15)13-7-2-1-3-8-13/h1-3,7-8,11-12H,4-6,9-10H2,(H2,21,22). The minimum atomic E-state index is -4.47. The van der Waals surface area contributed by atoms with E-state index in [-0.39, 0.29) is 6.04 Å². The first kappa shape index (κ1) is 16.5. The zero-order valence-corrected chi connectivity index (χ0v) is 13.1. The summed E-state index contributed by atoms with van der Waals surface area (Å²) in [7, 11) is 0. The minimum Gasteiger partial charge on any atom is -0.371 e. The molecular weight excluding hydrogens is 317 g/mol. The molecule has 2 aromatic rings. The second kappa shape index (κ2) is 6.67. The average molecular weight is 336 g/mol. The Morgan fingerprint density at radius 3 is 2.67 bits per heavy atom. The maximum atomic E-state index is 13.1. The lowest BCUT2D eigenvalue weighted by Gasteiger charge is -2.17. The van der Waals surface area contributed by atoms with Crippen LogP contribution in [0.2, 0.25) is 0 Å². The summed E-state index contributed by atoms with van der Waals surface area (Å²) in [4.78, 5) is 0. The van der Waals surface area contributed by atoms with Crippen LogP contribution < -0.4 is 5.32 Å². The van der Waals surface area contributed by atoms with Crippen LogP contribution >= 0.6 is 0 Å². The molecule has 7 heteroatoms. The number of alkyl halides is 3. The lowest BCUT2D eigenvalue weighted by molar-refractivity contribution is -0.141. The summed E-state index contributed by atoms with van der Waals surface area (Å²) in [6.07, 6.45) is -0.635. The number of nitrogens with one attached hydrogen (secondary N) is 2. The molecule has 3 rings (SSSR count). The first-order valence-corrected chi connectivity index (χ1v) is 7.99. The van der Waals surface area contributed by atoms with Gasteiger partial charge in [0.25, 0.3) is 0 Å². The van der Waals surface area contributed by atoms with Crippen molar-refractivity contribution in [3.63, 3.8) is 0 Å². The molecule has 1 atom stereocenters. The zero-order chi connectivity index (χ0) is 17.2. The van der Waals surface area contributed by atoms with E-state index in [9.17, 15) is 13.2 Å². The van der Waals surface area contributed by atoms with Crippen molar-refractivity contribution in [2.75, 3.05) is 0 Å². The van der Waals surface area contributed by atoms with Crippen molar-refractivity contribution < 1.29 is 13.2 Å². The lowest BCUT2D eigenvalue weighted by Crippen LogP contribution is -2.34. The highest BCUT2D eigenvalue weighted by atomic mass is 19.4. The molecule has 0 saturated carbocycles. The molecule has 1 aliphatic rings. The SMILES string of the molecule is N=C1CCCCC(Cc2cc(C(F)(F)F)nn2-c2ccccc2)N1. The molecule has 1 aromatic heterocycles. The first-order chi connectivity index (χ1) is 11.4. The molecule has 128 valence electrons. The summed E-state index contributed by atoms with van der Waals surface area (Å²) in [5.41, 5.74) is 0.220. The van der Waals surface area contributed by atoms with Gasteiger partial charge in [-0.3, -0.25) is 5.41 Å². The van der Waals surface area contributed by atoms with Crippen molar-refractivity contribution in [1.29, 1.82) is 5.41 Å². The van der Waals surface area contributed by atoms with Gasteiger partial charge in [0, 0.05) is 24.6 Å². The Kier molecular flexibility index (Phi) is 4.59. The number of amidine groups is 1. The molecule has 1 saturated heterocycles. The van der Waals surface area contributed by atoms with Gasteiger partial charge in [0.2, 0.25) is 0 Å². The van der Waals surface area contributed by atoms with Crippen LogP contribution in [-0.2, 0) is 12.6 Å². The molecule has 1 unspecified atom stereocenters. The number of aromatic nitrogens is 2. The monoisotopic (exact) mass is 336 g/mol. The molecule has 2 N–H and O–H groups in total. The lowest BCUT2D eigenvalue weighted by atomic mass is 10.1. The summed E-state index contributed by atoms with van der Waals surface area (Å²) in [6, 6.07) is 9.90. The van der Waals surface area contributed by atoms with Crippen molar-refractivity contribution in [3.8, 4) is 5.69 Å². The van der Waals surface area contributed by atoms with Crippen LogP contribution in [-0.4, -0.2) is 21.7 Å². The molecule has 2 heterocycles. The molecule has 1 aliphatic heterocycles. The van der Waals surface area contributed by atoms with Crippen molar-refractivity contribution in [2.45, 2.75) is 44.3 Å². The Hall–Kier alpha value is -2.31. The van der Waals surface area contributed by atoms with Crippen LogP contribution in [0.1, 0.15) is 37.1 Å². The van der Waals surface area contributed by atoms with Crippen molar-refractivity contribution >= 4 is 5.84 Å². The Labute approximate surface area is 138 Å². The van der Waals surface area contributed by atoms with E-state index in [2.05, 4.69) is 10.4 Å². The van der Waals surface area contributed by atoms with Gasteiger partial charge in [-0.1, -0.05) is 24.6 Å². The number of para-hydroxylation sites is 1. The Morgan fingerprint density at radius 1 is 1.21 bits per heavy atom. The average Bonchev–Trinajstić information content (AvgIpc) is 2.85. The smallest absolute Gasteiger partial charge is 0.371 e. The molecule has 0 aliphatic carbocycles.